The Morgan fingerprint density at radius 1 is 1.63 bits per heavy atom. The Morgan fingerprint density at radius 2 is 2.37 bits per heavy atom. The van der Waals surface area contributed by atoms with Crippen molar-refractivity contribution in [3.63, 3.8) is 0 Å². The number of aromatic amines is 1. The second kappa shape index (κ2) is 5.42. The van der Waals surface area contributed by atoms with Gasteiger partial charge in [0, 0.05) is 37.8 Å². The molecule has 1 N–H and O–H groups in total. The summed E-state index contributed by atoms with van der Waals surface area (Å²) in [4.78, 5) is 27.3. The van der Waals surface area contributed by atoms with Crippen LogP contribution in [0.2, 0.25) is 0 Å². The van der Waals surface area contributed by atoms with Crippen molar-refractivity contribution in [1.82, 2.24) is 20.0 Å². The maximum absolute atomic E-state index is 12.3. The van der Waals surface area contributed by atoms with Crippen molar-refractivity contribution in [3.05, 3.63) is 17.5 Å². The summed E-state index contributed by atoms with van der Waals surface area (Å²) in [7, 11) is 1.76. The normalized spacial score (nSPS) is 16.8. The highest BCUT2D eigenvalue weighted by atomic mass is 16.2. The zero-order valence-electron chi connectivity index (χ0n) is 11.6. The minimum Gasteiger partial charge on any atom is -0.340 e. The van der Waals surface area contributed by atoms with Crippen LogP contribution in [-0.4, -0.2) is 51.4 Å². The van der Waals surface area contributed by atoms with Crippen molar-refractivity contribution in [2.45, 2.75) is 39.3 Å². The molecule has 104 valence electrons. The van der Waals surface area contributed by atoms with Crippen molar-refractivity contribution in [3.8, 4) is 0 Å². The molecule has 6 nitrogen and oxygen atoms in total. The lowest BCUT2D eigenvalue weighted by Crippen LogP contribution is -2.46. The van der Waals surface area contributed by atoms with E-state index in [-0.39, 0.29) is 17.9 Å². The molecule has 1 aromatic rings. The van der Waals surface area contributed by atoms with Crippen LogP contribution in [-0.2, 0) is 16.1 Å². The highest BCUT2D eigenvalue weighted by Crippen LogP contribution is 2.16. The summed E-state index contributed by atoms with van der Waals surface area (Å²) in [5.74, 6) is 0.0459. The molecule has 0 spiro atoms. The number of hydrogen-bond donors (Lipinski definition) is 1. The molecule has 6 heteroatoms. The molecule has 0 bridgehead atoms. The van der Waals surface area contributed by atoms with Crippen LogP contribution in [0.1, 0.15) is 31.0 Å². The highest BCUT2D eigenvalue weighted by Gasteiger charge is 2.31. The van der Waals surface area contributed by atoms with Crippen molar-refractivity contribution < 1.29 is 9.59 Å². The Bertz CT molecular complexity index is 483. The standard InChI is InChI=1S/C13H20N4O2/c1-9-11(7-14-15-9)8-16(3)13(19)10(2)17-6-4-5-12(17)18/h7,10H,4-6,8H2,1-3H3,(H,14,15)/t10-/m0/s1. The lowest BCUT2D eigenvalue weighted by atomic mass is 10.2. The van der Waals surface area contributed by atoms with Gasteiger partial charge in [-0.1, -0.05) is 0 Å². The van der Waals surface area contributed by atoms with Crippen LogP contribution in [0.25, 0.3) is 0 Å². The topological polar surface area (TPSA) is 69.3 Å². The fourth-order valence-electron chi connectivity index (χ4n) is 2.40. The van der Waals surface area contributed by atoms with Crippen LogP contribution in [0.15, 0.2) is 6.20 Å². The Morgan fingerprint density at radius 3 is 2.89 bits per heavy atom. The molecule has 1 saturated heterocycles. The number of likely N-dealkylation sites (tertiary alicyclic amines) is 1. The molecule has 1 aliphatic rings. The number of carbonyl (C=O) groups excluding carboxylic acids is 2. The number of rotatable bonds is 4. The Kier molecular flexibility index (Phi) is 3.87. The first-order valence-corrected chi connectivity index (χ1v) is 6.54. The van der Waals surface area contributed by atoms with Gasteiger partial charge in [-0.2, -0.15) is 5.10 Å². The van der Waals surface area contributed by atoms with Crippen molar-refractivity contribution in [2.24, 2.45) is 0 Å². The largest absolute Gasteiger partial charge is 0.340 e. The van der Waals surface area contributed by atoms with Gasteiger partial charge in [-0.15, -0.1) is 0 Å². The van der Waals surface area contributed by atoms with E-state index in [0.717, 1.165) is 17.7 Å². The van der Waals surface area contributed by atoms with Gasteiger partial charge in [0.05, 0.1) is 6.20 Å². The third kappa shape index (κ3) is 2.77. The maximum Gasteiger partial charge on any atom is 0.245 e. The lowest BCUT2D eigenvalue weighted by Gasteiger charge is -2.27. The first-order chi connectivity index (χ1) is 9.00. The molecule has 1 atom stereocenters. The molecule has 2 rings (SSSR count). The van der Waals surface area contributed by atoms with Gasteiger partial charge in [0.25, 0.3) is 0 Å². The zero-order chi connectivity index (χ0) is 14.0. The van der Waals surface area contributed by atoms with E-state index in [1.807, 2.05) is 6.92 Å². The smallest absolute Gasteiger partial charge is 0.245 e. The molecule has 0 radical (unpaired) electrons. The van der Waals surface area contributed by atoms with E-state index < -0.39 is 0 Å². The summed E-state index contributed by atoms with van der Waals surface area (Å²) in [6.07, 6.45) is 3.13. The number of amides is 2. The number of carbonyl (C=O) groups is 2. The van der Waals surface area contributed by atoms with E-state index in [1.54, 1.807) is 30.0 Å². The molecule has 0 unspecified atom stereocenters. The number of nitrogens with one attached hydrogen (secondary N) is 1. The van der Waals surface area contributed by atoms with Gasteiger partial charge in [0.1, 0.15) is 6.04 Å². The summed E-state index contributed by atoms with van der Waals surface area (Å²) in [5, 5.41) is 6.79. The molecule has 0 saturated carbocycles. The van der Waals surface area contributed by atoms with E-state index >= 15 is 0 Å². The monoisotopic (exact) mass is 264 g/mol. The number of hydrogen-bond acceptors (Lipinski definition) is 3. The molecule has 0 aromatic carbocycles. The average molecular weight is 264 g/mol. The molecule has 1 fully saturated rings. The van der Waals surface area contributed by atoms with Crippen molar-refractivity contribution in [1.29, 1.82) is 0 Å². The average Bonchev–Trinajstić information content (AvgIpc) is 2.97. The van der Waals surface area contributed by atoms with Crippen LogP contribution in [0.3, 0.4) is 0 Å². The fraction of sp³-hybridized carbons (Fsp3) is 0.615. The zero-order valence-corrected chi connectivity index (χ0v) is 11.6. The van der Waals surface area contributed by atoms with Gasteiger partial charge < -0.3 is 9.80 Å². The first-order valence-electron chi connectivity index (χ1n) is 6.54. The third-order valence-electron chi connectivity index (χ3n) is 3.65. The van der Waals surface area contributed by atoms with Crippen molar-refractivity contribution >= 4 is 11.8 Å². The molecular formula is C13H20N4O2. The quantitative estimate of drug-likeness (QED) is 0.869. The van der Waals surface area contributed by atoms with Gasteiger partial charge in [-0.25, -0.2) is 0 Å². The maximum atomic E-state index is 12.3. The molecule has 2 heterocycles. The second-order valence-electron chi connectivity index (χ2n) is 5.08. The van der Waals surface area contributed by atoms with Crippen LogP contribution >= 0.6 is 0 Å². The number of nitrogens with zero attached hydrogens (tertiary/aromatic N) is 3. The van der Waals surface area contributed by atoms with Gasteiger partial charge in [0.2, 0.25) is 11.8 Å². The van der Waals surface area contributed by atoms with E-state index in [9.17, 15) is 9.59 Å². The SMILES string of the molecule is Cc1[nH]ncc1CN(C)C(=O)[C@H](C)N1CCCC1=O. The highest BCUT2D eigenvalue weighted by molar-refractivity contribution is 5.88. The summed E-state index contributed by atoms with van der Waals surface area (Å²) in [5.41, 5.74) is 1.96. The summed E-state index contributed by atoms with van der Waals surface area (Å²) >= 11 is 0. The second-order valence-corrected chi connectivity index (χ2v) is 5.08. The summed E-state index contributed by atoms with van der Waals surface area (Å²) in [6, 6.07) is -0.382. The molecule has 0 aliphatic carbocycles. The lowest BCUT2D eigenvalue weighted by molar-refractivity contribution is -0.142. The Hall–Kier alpha value is -1.85. The third-order valence-corrected chi connectivity index (χ3v) is 3.65. The number of likely N-dealkylation sites (N-methyl/N-ethyl adjacent to an activating group) is 1. The first kappa shape index (κ1) is 13.6. The van der Waals surface area contributed by atoms with Gasteiger partial charge in [-0.3, -0.25) is 14.7 Å². The summed E-state index contributed by atoms with van der Waals surface area (Å²) in [6.45, 7) is 4.91. The fourth-order valence-corrected chi connectivity index (χ4v) is 2.40. The Labute approximate surface area is 112 Å². The van der Waals surface area contributed by atoms with Crippen LogP contribution in [0.4, 0.5) is 0 Å². The molecule has 1 aromatic heterocycles. The van der Waals surface area contributed by atoms with E-state index in [0.29, 0.717) is 19.5 Å². The summed E-state index contributed by atoms with van der Waals surface area (Å²) < 4.78 is 0. The van der Waals surface area contributed by atoms with Crippen LogP contribution < -0.4 is 0 Å². The minimum absolute atomic E-state index is 0.0316. The van der Waals surface area contributed by atoms with Gasteiger partial charge >= 0.3 is 0 Å². The molecular weight excluding hydrogens is 244 g/mol. The van der Waals surface area contributed by atoms with E-state index in [1.165, 1.54) is 0 Å². The van der Waals surface area contributed by atoms with E-state index in [2.05, 4.69) is 10.2 Å². The minimum atomic E-state index is -0.382. The number of H-pyrrole nitrogens is 1. The van der Waals surface area contributed by atoms with Crippen LogP contribution in [0, 0.1) is 6.92 Å². The van der Waals surface area contributed by atoms with E-state index in [4.69, 9.17) is 0 Å². The Balaban J connectivity index is 1.99. The van der Waals surface area contributed by atoms with Crippen LogP contribution in [0.5, 0.6) is 0 Å². The predicted molar refractivity (Wildman–Crippen MR) is 70.2 cm³/mol. The predicted octanol–water partition coefficient (Wildman–Crippen LogP) is 0.687. The number of aryl methyl sites for hydroxylation is 1. The van der Waals surface area contributed by atoms with Crippen molar-refractivity contribution in [2.75, 3.05) is 13.6 Å². The molecule has 1 aliphatic heterocycles. The molecule has 2 amide bonds. The number of aromatic nitrogens is 2. The van der Waals surface area contributed by atoms with Gasteiger partial charge in [-0.05, 0) is 20.3 Å². The van der Waals surface area contributed by atoms with Gasteiger partial charge in [0.15, 0.2) is 0 Å². The molecule has 19 heavy (non-hydrogen) atoms.